The molecule has 0 radical (unpaired) electrons. The predicted molar refractivity (Wildman–Crippen MR) is 115 cm³/mol. The Balaban J connectivity index is 1.38. The van der Waals surface area contributed by atoms with Crippen molar-refractivity contribution in [2.45, 2.75) is 31.8 Å². The summed E-state index contributed by atoms with van der Waals surface area (Å²) in [6, 6.07) is 23.4. The Morgan fingerprint density at radius 3 is 2.57 bits per heavy atom. The molecule has 0 spiro atoms. The van der Waals surface area contributed by atoms with Gasteiger partial charge in [-0.2, -0.15) is 0 Å². The Hall–Kier alpha value is -2.43. The van der Waals surface area contributed by atoms with Gasteiger partial charge in [0.05, 0.1) is 6.04 Å². The van der Waals surface area contributed by atoms with E-state index < -0.39 is 0 Å². The number of amides is 1. The Bertz CT molecular complexity index is 892. The number of hydrogen-bond acceptors (Lipinski definition) is 3. The van der Waals surface area contributed by atoms with E-state index in [1.54, 1.807) is 11.3 Å². The van der Waals surface area contributed by atoms with E-state index in [1.165, 1.54) is 21.6 Å². The molecular weight excluding hydrogens is 364 g/mol. The number of rotatable bonds is 7. The Labute approximate surface area is 171 Å². The van der Waals surface area contributed by atoms with Crippen LogP contribution in [-0.4, -0.2) is 23.9 Å². The number of carbonyl (C=O) groups excluding carboxylic acids is 1. The number of thiophene rings is 1. The number of hydrogen-bond donors (Lipinski definition) is 1. The molecule has 1 atom stereocenters. The van der Waals surface area contributed by atoms with Gasteiger partial charge in [0.1, 0.15) is 0 Å². The van der Waals surface area contributed by atoms with Crippen LogP contribution in [-0.2, 0) is 24.2 Å². The second kappa shape index (κ2) is 9.18. The highest BCUT2D eigenvalue weighted by atomic mass is 32.1. The minimum absolute atomic E-state index is 0.128. The van der Waals surface area contributed by atoms with Crippen LogP contribution in [0, 0.1) is 0 Å². The molecule has 2 aromatic carbocycles. The molecule has 144 valence electrons. The van der Waals surface area contributed by atoms with Gasteiger partial charge in [-0.25, -0.2) is 0 Å². The van der Waals surface area contributed by atoms with E-state index in [-0.39, 0.29) is 11.9 Å². The molecule has 1 aliphatic heterocycles. The van der Waals surface area contributed by atoms with Crippen molar-refractivity contribution in [3.8, 4) is 0 Å². The van der Waals surface area contributed by atoms with E-state index in [0.29, 0.717) is 13.0 Å². The zero-order valence-corrected chi connectivity index (χ0v) is 16.8. The fourth-order valence-electron chi connectivity index (χ4n) is 3.88. The van der Waals surface area contributed by atoms with Gasteiger partial charge in [0.2, 0.25) is 5.91 Å². The quantitative estimate of drug-likeness (QED) is 0.640. The highest BCUT2D eigenvalue weighted by Crippen LogP contribution is 2.30. The monoisotopic (exact) mass is 390 g/mol. The summed E-state index contributed by atoms with van der Waals surface area (Å²) in [5, 5.41) is 5.31. The first-order valence-electron chi connectivity index (χ1n) is 9.94. The Morgan fingerprint density at radius 2 is 1.79 bits per heavy atom. The first-order valence-corrected chi connectivity index (χ1v) is 10.8. The summed E-state index contributed by atoms with van der Waals surface area (Å²) in [4.78, 5) is 16.3. The van der Waals surface area contributed by atoms with Crippen LogP contribution in [0.1, 0.15) is 34.0 Å². The first-order chi connectivity index (χ1) is 13.8. The lowest BCUT2D eigenvalue weighted by atomic mass is 9.98. The van der Waals surface area contributed by atoms with Crippen molar-refractivity contribution >= 4 is 17.2 Å². The number of benzene rings is 2. The van der Waals surface area contributed by atoms with Gasteiger partial charge in [-0.15, -0.1) is 11.3 Å². The third-order valence-electron chi connectivity index (χ3n) is 5.45. The zero-order valence-electron chi connectivity index (χ0n) is 16.0. The molecule has 1 aliphatic rings. The molecule has 0 unspecified atom stereocenters. The fraction of sp³-hybridized carbons (Fsp3) is 0.292. The van der Waals surface area contributed by atoms with Gasteiger partial charge in [-0.3, -0.25) is 9.69 Å². The lowest BCUT2D eigenvalue weighted by Gasteiger charge is -2.35. The predicted octanol–water partition coefficient (Wildman–Crippen LogP) is 4.60. The van der Waals surface area contributed by atoms with Crippen molar-refractivity contribution in [2.24, 2.45) is 0 Å². The van der Waals surface area contributed by atoms with E-state index in [4.69, 9.17) is 0 Å². The maximum Gasteiger partial charge on any atom is 0.220 e. The molecule has 0 bridgehead atoms. The van der Waals surface area contributed by atoms with E-state index in [2.05, 4.69) is 64.1 Å². The summed E-state index contributed by atoms with van der Waals surface area (Å²) < 4.78 is 0. The van der Waals surface area contributed by atoms with Crippen molar-refractivity contribution < 1.29 is 4.79 Å². The summed E-state index contributed by atoms with van der Waals surface area (Å²) in [6.07, 6.45) is 2.39. The highest BCUT2D eigenvalue weighted by Gasteiger charge is 2.25. The molecule has 0 aliphatic carbocycles. The van der Waals surface area contributed by atoms with E-state index in [9.17, 15) is 4.79 Å². The molecule has 4 heteroatoms. The molecule has 4 rings (SSSR count). The highest BCUT2D eigenvalue weighted by molar-refractivity contribution is 7.10. The third-order valence-corrected chi connectivity index (χ3v) is 6.42. The molecule has 3 aromatic rings. The van der Waals surface area contributed by atoms with Crippen molar-refractivity contribution in [1.82, 2.24) is 10.2 Å². The molecule has 2 heterocycles. The molecule has 0 saturated heterocycles. The standard InChI is InChI=1S/C24H26N2OS/c27-24(13-12-19-7-2-1-3-8-19)25-17-22(23-11-6-16-28-23)26-15-14-20-9-4-5-10-21(20)18-26/h1-11,16,22H,12-15,17-18H2,(H,25,27)/t22-/m0/s1. The molecule has 1 amide bonds. The minimum Gasteiger partial charge on any atom is -0.354 e. The van der Waals surface area contributed by atoms with Crippen LogP contribution in [0.4, 0.5) is 0 Å². The number of carbonyl (C=O) groups is 1. The van der Waals surface area contributed by atoms with Crippen molar-refractivity contribution in [2.75, 3.05) is 13.1 Å². The summed E-state index contributed by atoms with van der Waals surface area (Å²) in [5.74, 6) is 0.128. The van der Waals surface area contributed by atoms with Crippen LogP contribution in [0.2, 0.25) is 0 Å². The maximum atomic E-state index is 12.4. The average Bonchev–Trinajstić information content (AvgIpc) is 3.27. The fourth-order valence-corrected chi connectivity index (χ4v) is 4.74. The lowest BCUT2D eigenvalue weighted by Crippen LogP contribution is -2.40. The topological polar surface area (TPSA) is 32.3 Å². The molecule has 3 nitrogen and oxygen atoms in total. The van der Waals surface area contributed by atoms with E-state index in [1.807, 2.05) is 18.2 Å². The van der Waals surface area contributed by atoms with Crippen LogP contribution in [0.25, 0.3) is 0 Å². The van der Waals surface area contributed by atoms with Gasteiger partial charge in [-0.05, 0) is 41.0 Å². The van der Waals surface area contributed by atoms with Crippen LogP contribution in [0.3, 0.4) is 0 Å². The molecule has 0 fully saturated rings. The summed E-state index contributed by atoms with van der Waals surface area (Å²) in [7, 11) is 0. The number of nitrogens with zero attached hydrogens (tertiary/aromatic N) is 1. The summed E-state index contributed by atoms with van der Waals surface area (Å²) >= 11 is 1.77. The van der Waals surface area contributed by atoms with Crippen LogP contribution in [0.5, 0.6) is 0 Å². The third kappa shape index (κ3) is 4.70. The number of aryl methyl sites for hydroxylation is 1. The lowest BCUT2D eigenvalue weighted by molar-refractivity contribution is -0.121. The smallest absolute Gasteiger partial charge is 0.220 e. The second-order valence-electron chi connectivity index (χ2n) is 7.31. The summed E-state index contributed by atoms with van der Waals surface area (Å²) in [5.41, 5.74) is 4.07. The van der Waals surface area contributed by atoms with Crippen molar-refractivity contribution in [3.05, 3.63) is 93.7 Å². The minimum atomic E-state index is 0.128. The van der Waals surface area contributed by atoms with Crippen molar-refractivity contribution in [1.29, 1.82) is 0 Å². The van der Waals surface area contributed by atoms with Crippen LogP contribution in [0.15, 0.2) is 72.1 Å². The van der Waals surface area contributed by atoms with Gasteiger partial charge < -0.3 is 5.32 Å². The van der Waals surface area contributed by atoms with E-state index >= 15 is 0 Å². The van der Waals surface area contributed by atoms with Crippen molar-refractivity contribution in [3.63, 3.8) is 0 Å². The SMILES string of the molecule is O=C(CCc1ccccc1)NC[C@@H](c1cccs1)N1CCc2ccccc2C1. The van der Waals surface area contributed by atoms with Crippen LogP contribution < -0.4 is 5.32 Å². The molecule has 0 saturated carbocycles. The average molecular weight is 391 g/mol. The second-order valence-corrected chi connectivity index (χ2v) is 8.29. The number of nitrogens with one attached hydrogen (secondary N) is 1. The molecule has 1 N–H and O–H groups in total. The van der Waals surface area contributed by atoms with Gasteiger partial charge in [0.25, 0.3) is 0 Å². The van der Waals surface area contributed by atoms with Crippen LogP contribution >= 0.6 is 11.3 Å². The van der Waals surface area contributed by atoms with E-state index in [0.717, 1.165) is 25.9 Å². The van der Waals surface area contributed by atoms with Gasteiger partial charge in [0, 0.05) is 30.9 Å². The number of fused-ring (bicyclic) bond motifs is 1. The largest absolute Gasteiger partial charge is 0.354 e. The zero-order chi connectivity index (χ0) is 19.2. The van der Waals surface area contributed by atoms with Gasteiger partial charge in [-0.1, -0.05) is 60.7 Å². The molecule has 28 heavy (non-hydrogen) atoms. The Kier molecular flexibility index (Phi) is 6.20. The van der Waals surface area contributed by atoms with Gasteiger partial charge in [0.15, 0.2) is 0 Å². The molecular formula is C24H26N2OS. The van der Waals surface area contributed by atoms with Gasteiger partial charge >= 0.3 is 0 Å². The Morgan fingerprint density at radius 1 is 1.00 bits per heavy atom. The normalized spacial score (nSPS) is 15.0. The maximum absolute atomic E-state index is 12.4. The summed E-state index contributed by atoms with van der Waals surface area (Å²) in [6.45, 7) is 2.63. The molecule has 1 aromatic heterocycles. The first kappa shape index (κ1) is 18.9.